The lowest BCUT2D eigenvalue weighted by Gasteiger charge is -2.12. The van der Waals surface area contributed by atoms with E-state index in [4.69, 9.17) is 9.47 Å². The molecule has 1 N–H and O–H groups in total. The van der Waals surface area contributed by atoms with Gasteiger partial charge in [-0.25, -0.2) is 4.79 Å². The maximum Gasteiger partial charge on any atom is 0.330 e. The van der Waals surface area contributed by atoms with E-state index < -0.39 is 0 Å². The molecule has 0 aromatic heterocycles. The van der Waals surface area contributed by atoms with Gasteiger partial charge >= 0.3 is 5.97 Å². The number of unbranched alkanes of at least 4 members (excludes halogenated alkanes) is 3. The van der Waals surface area contributed by atoms with E-state index in [0.29, 0.717) is 31.7 Å². The third-order valence-corrected chi connectivity index (χ3v) is 9.75. The number of fused-ring (bicyclic) bond motifs is 1. The van der Waals surface area contributed by atoms with Gasteiger partial charge in [-0.1, -0.05) is 72.8 Å². The van der Waals surface area contributed by atoms with Gasteiger partial charge in [-0.15, -0.1) is 5.11 Å². The number of aryl methyl sites for hydroxylation is 3. The summed E-state index contributed by atoms with van der Waals surface area (Å²) in [7, 11) is 0. The Balaban J connectivity index is 0.994. The zero-order chi connectivity index (χ0) is 40.7. The molecule has 0 saturated heterocycles. The fourth-order valence-electron chi connectivity index (χ4n) is 6.33. The molecule has 0 aliphatic carbocycles. The number of carbonyl (C=O) groups is 2. The van der Waals surface area contributed by atoms with Gasteiger partial charge < -0.3 is 14.8 Å². The molecule has 0 radical (unpaired) electrons. The Morgan fingerprint density at radius 1 is 0.638 bits per heavy atom. The van der Waals surface area contributed by atoms with E-state index in [1.807, 2.05) is 118 Å². The van der Waals surface area contributed by atoms with Crippen LogP contribution in [0.15, 0.2) is 154 Å². The van der Waals surface area contributed by atoms with Crippen LogP contribution < -0.4 is 10.1 Å². The summed E-state index contributed by atoms with van der Waals surface area (Å²) < 4.78 is 10.8. The molecule has 0 heterocycles. The van der Waals surface area contributed by atoms with Crippen LogP contribution in [0.2, 0.25) is 0 Å². The van der Waals surface area contributed by atoms with Crippen LogP contribution in [0.25, 0.3) is 10.8 Å². The molecule has 0 saturated carbocycles. The van der Waals surface area contributed by atoms with Crippen LogP contribution in [0.5, 0.6) is 5.75 Å². The summed E-state index contributed by atoms with van der Waals surface area (Å²) in [6.45, 7) is 11.1. The second-order valence-electron chi connectivity index (χ2n) is 14.3. The van der Waals surface area contributed by atoms with Gasteiger partial charge in [0.1, 0.15) is 5.75 Å². The number of Topliss-reactive ketones (excluding diaryl/α,β-unsaturated/α-hetero) is 1. The second kappa shape index (κ2) is 20.4. The predicted molar refractivity (Wildman–Crippen MR) is 233 cm³/mol. The Morgan fingerprint density at radius 3 is 1.95 bits per heavy atom. The molecule has 0 bridgehead atoms. The van der Waals surface area contributed by atoms with Crippen LogP contribution >= 0.6 is 0 Å². The van der Waals surface area contributed by atoms with Crippen molar-refractivity contribution >= 4 is 51.0 Å². The van der Waals surface area contributed by atoms with Crippen LogP contribution in [0, 0.1) is 20.8 Å². The van der Waals surface area contributed by atoms with Crippen molar-refractivity contribution in [2.75, 3.05) is 18.5 Å². The highest BCUT2D eigenvalue weighted by atomic mass is 16.5. The van der Waals surface area contributed by atoms with E-state index in [2.05, 4.69) is 56.6 Å². The van der Waals surface area contributed by atoms with E-state index >= 15 is 0 Å². The lowest BCUT2D eigenvalue weighted by molar-refractivity contribution is -0.137. The van der Waals surface area contributed by atoms with E-state index in [-0.39, 0.29) is 11.8 Å². The van der Waals surface area contributed by atoms with Gasteiger partial charge in [0.25, 0.3) is 0 Å². The summed E-state index contributed by atoms with van der Waals surface area (Å²) in [6.07, 6.45) is 5.16. The topological polar surface area (TPSA) is 114 Å². The zero-order valence-electron chi connectivity index (χ0n) is 33.4. The number of rotatable bonds is 19. The van der Waals surface area contributed by atoms with Gasteiger partial charge in [-0.3, -0.25) is 4.79 Å². The summed E-state index contributed by atoms with van der Waals surface area (Å²) >= 11 is 0. The van der Waals surface area contributed by atoms with E-state index in [1.165, 1.54) is 11.6 Å². The first kappa shape index (κ1) is 40.9. The van der Waals surface area contributed by atoms with E-state index in [9.17, 15) is 9.59 Å². The van der Waals surface area contributed by atoms with Crippen molar-refractivity contribution in [1.29, 1.82) is 0 Å². The molecule has 0 atom stereocenters. The zero-order valence-corrected chi connectivity index (χ0v) is 33.4. The number of hydrogen-bond acceptors (Lipinski definition) is 9. The Hall–Kier alpha value is -6.74. The maximum absolute atomic E-state index is 13.1. The smallest absolute Gasteiger partial charge is 0.330 e. The van der Waals surface area contributed by atoms with E-state index in [1.54, 1.807) is 0 Å². The minimum atomic E-state index is -0.384. The highest BCUT2D eigenvalue weighted by Crippen LogP contribution is 2.35. The minimum absolute atomic E-state index is 0.0564. The number of anilines is 1. The monoisotopic (exact) mass is 771 g/mol. The molecule has 0 fully saturated rings. The molecule has 6 aromatic rings. The molecule has 0 unspecified atom stereocenters. The summed E-state index contributed by atoms with van der Waals surface area (Å²) in [5.41, 5.74) is 10.0. The Morgan fingerprint density at radius 2 is 1.26 bits per heavy atom. The molecule has 6 aromatic carbocycles. The van der Waals surface area contributed by atoms with Crippen molar-refractivity contribution in [2.24, 2.45) is 20.5 Å². The molecule has 0 aliphatic heterocycles. The van der Waals surface area contributed by atoms with Crippen molar-refractivity contribution in [3.05, 3.63) is 167 Å². The summed E-state index contributed by atoms with van der Waals surface area (Å²) in [5.74, 6) is 0.413. The van der Waals surface area contributed by atoms with E-state index in [0.717, 1.165) is 92.9 Å². The van der Waals surface area contributed by atoms with Crippen LogP contribution in [-0.2, 0) is 22.5 Å². The number of nitrogens with zero attached hydrogens (tertiary/aromatic N) is 4. The first-order valence-corrected chi connectivity index (χ1v) is 19.7. The number of benzene rings is 6. The highest BCUT2D eigenvalue weighted by Gasteiger charge is 2.10. The SMILES string of the molecule is C=CC(=O)OCCCCCCOc1ccc(C(=O)Cc2ccc(CNc3ccc(N=Nc4cc(C)c(N=Nc5ccc(C)cc5)cc4C)c4ccccc34)cc2)cc1. The first-order valence-electron chi connectivity index (χ1n) is 19.7. The Labute approximate surface area is 340 Å². The fraction of sp³-hybridized carbons (Fsp3) is 0.224. The van der Waals surface area contributed by atoms with Crippen molar-refractivity contribution in [1.82, 2.24) is 0 Å². The van der Waals surface area contributed by atoms with Crippen LogP contribution in [0.3, 0.4) is 0 Å². The second-order valence-corrected chi connectivity index (χ2v) is 14.3. The number of ether oxygens (including phenoxy) is 2. The number of nitrogens with one attached hydrogen (secondary N) is 1. The highest BCUT2D eigenvalue weighted by molar-refractivity contribution is 6.01. The lowest BCUT2D eigenvalue weighted by Crippen LogP contribution is -2.05. The summed E-state index contributed by atoms with van der Waals surface area (Å²) in [4.78, 5) is 24.1. The van der Waals surface area contributed by atoms with Crippen LogP contribution in [-0.4, -0.2) is 25.0 Å². The lowest BCUT2D eigenvalue weighted by atomic mass is 10.0. The van der Waals surface area contributed by atoms with Gasteiger partial charge in [0.2, 0.25) is 0 Å². The summed E-state index contributed by atoms with van der Waals surface area (Å²) in [5, 5.41) is 23.9. The summed E-state index contributed by atoms with van der Waals surface area (Å²) in [6, 6.07) is 39.7. The number of esters is 1. The molecule has 6 rings (SSSR count). The number of ketones is 1. The van der Waals surface area contributed by atoms with Gasteiger partial charge in [0.15, 0.2) is 5.78 Å². The third kappa shape index (κ3) is 11.6. The Kier molecular flexibility index (Phi) is 14.4. The molecule has 0 amide bonds. The predicted octanol–water partition coefficient (Wildman–Crippen LogP) is 13.3. The minimum Gasteiger partial charge on any atom is -0.494 e. The van der Waals surface area contributed by atoms with Gasteiger partial charge in [-0.2, -0.15) is 15.3 Å². The quantitative estimate of drug-likeness (QED) is 0.0289. The number of carbonyl (C=O) groups excluding carboxylic acids is 2. The van der Waals surface area contributed by atoms with Gasteiger partial charge in [-0.05, 0) is 129 Å². The molecule has 0 aliphatic rings. The molecule has 294 valence electrons. The van der Waals surface area contributed by atoms with Crippen molar-refractivity contribution < 1.29 is 19.1 Å². The molecule has 0 spiro atoms. The Bertz CT molecular complexity index is 2400. The molecule has 9 heteroatoms. The fourth-order valence-corrected chi connectivity index (χ4v) is 6.33. The standard InChI is InChI=1S/C49H49N5O4/c1-5-49(56)58-29-11-7-6-10-28-57-41-24-20-39(21-25-41)48(55)32-37-16-18-38(19-17-37)33-50-44-26-27-45(43-13-9-8-12-42(43)44)52-54-47-31-35(3)46(30-36(47)4)53-51-40-22-14-34(2)15-23-40/h5,8-9,12-27,30-31,50H,1,6-7,10-11,28-29,32-33H2,2-4H3. The van der Waals surface area contributed by atoms with Crippen molar-refractivity contribution in [2.45, 2.75) is 59.4 Å². The molecular weight excluding hydrogens is 723 g/mol. The van der Waals surface area contributed by atoms with Crippen molar-refractivity contribution in [3.8, 4) is 5.75 Å². The van der Waals surface area contributed by atoms with Gasteiger partial charge in [0.05, 0.1) is 36.0 Å². The normalized spacial score (nSPS) is 11.3. The first-order chi connectivity index (χ1) is 28.2. The maximum atomic E-state index is 13.1. The van der Waals surface area contributed by atoms with Crippen LogP contribution in [0.1, 0.15) is 63.9 Å². The molecule has 9 nitrogen and oxygen atoms in total. The average molecular weight is 772 g/mol. The number of azo groups is 2. The third-order valence-electron chi connectivity index (χ3n) is 9.75. The van der Waals surface area contributed by atoms with Gasteiger partial charge in [0, 0.05) is 41.1 Å². The average Bonchev–Trinajstić information content (AvgIpc) is 3.24. The largest absolute Gasteiger partial charge is 0.494 e. The van der Waals surface area contributed by atoms with Crippen molar-refractivity contribution in [3.63, 3.8) is 0 Å². The van der Waals surface area contributed by atoms with Crippen LogP contribution in [0.4, 0.5) is 28.4 Å². The molecule has 58 heavy (non-hydrogen) atoms. The number of hydrogen-bond donors (Lipinski definition) is 1. The molecular formula is C49H49N5O4.